The highest BCUT2D eigenvalue weighted by molar-refractivity contribution is 5.70. The van der Waals surface area contributed by atoms with Crippen LogP contribution in [-0.4, -0.2) is 82.3 Å². The molecule has 0 saturated carbocycles. The highest BCUT2D eigenvalue weighted by atomic mass is 16.7. The fourth-order valence-corrected chi connectivity index (χ4v) is 9.69. The molecular weight excluding hydrogens is 1130 g/mol. The van der Waals surface area contributed by atoms with Gasteiger partial charge >= 0.3 is 11.9 Å². The quantitative estimate of drug-likeness (QED) is 0.0195. The molecule has 0 bridgehead atoms. The van der Waals surface area contributed by atoms with E-state index >= 15 is 0 Å². The van der Waals surface area contributed by atoms with Crippen molar-refractivity contribution in [3.05, 3.63) is 158 Å². The van der Waals surface area contributed by atoms with E-state index in [4.69, 9.17) is 18.9 Å². The number of carboxylic acid groups (broad SMARTS) is 1. The van der Waals surface area contributed by atoms with E-state index in [1.54, 1.807) is 0 Å². The van der Waals surface area contributed by atoms with Crippen molar-refractivity contribution in [1.82, 2.24) is 0 Å². The molecule has 0 aliphatic carbocycles. The normalized spacial score (nSPS) is 13.6. The predicted molar refractivity (Wildman–Crippen MR) is 389 cm³/mol. The molecule has 0 aliphatic heterocycles. The molecule has 0 fully saturated rings. The van der Waals surface area contributed by atoms with Crippen molar-refractivity contribution in [3.63, 3.8) is 0 Å². The van der Waals surface area contributed by atoms with Crippen LogP contribution < -0.4 is 5.11 Å². The Morgan fingerprint density at radius 3 is 0.934 bits per heavy atom. The molecule has 0 spiro atoms. The Hall–Kier alpha value is -5.09. The molecule has 9 nitrogen and oxygen atoms in total. The predicted octanol–water partition coefficient (Wildman–Crippen LogP) is 21.9. The minimum Gasteiger partial charge on any atom is -0.545 e. The summed E-state index contributed by atoms with van der Waals surface area (Å²) in [6.07, 6.45) is 102. The van der Waals surface area contributed by atoms with Gasteiger partial charge in [-0.15, -0.1) is 0 Å². The lowest BCUT2D eigenvalue weighted by Gasteiger charge is -2.26. The Morgan fingerprint density at radius 1 is 0.341 bits per heavy atom. The Kier molecular flexibility index (Phi) is 66.8. The summed E-state index contributed by atoms with van der Waals surface area (Å²) in [4.78, 5) is 37.5. The van der Waals surface area contributed by atoms with Crippen molar-refractivity contribution in [2.24, 2.45) is 0 Å². The monoisotopic (exact) mass is 1260 g/mol. The number of carbonyl (C=O) groups is 3. The summed E-state index contributed by atoms with van der Waals surface area (Å²) < 4.78 is 22.8. The lowest BCUT2D eigenvalue weighted by molar-refractivity contribution is -0.870. The van der Waals surface area contributed by atoms with Crippen molar-refractivity contribution >= 4 is 17.9 Å². The fourth-order valence-electron chi connectivity index (χ4n) is 9.69. The number of hydrogen-bond acceptors (Lipinski definition) is 8. The summed E-state index contributed by atoms with van der Waals surface area (Å²) in [6, 6.07) is 0. The lowest BCUT2D eigenvalue weighted by Crippen LogP contribution is -2.44. The van der Waals surface area contributed by atoms with Crippen LogP contribution in [0.3, 0.4) is 0 Å². The van der Waals surface area contributed by atoms with Crippen LogP contribution in [0.1, 0.15) is 284 Å². The van der Waals surface area contributed by atoms with Crippen molar-refractivity contribution in [3.8, 4) is 0 Å². The minimum atomic E-state index is -1.64. The number of unbranched alkanes of at least 4 members (excludes halogenated alkanes) is 25. The molecule has 0 amide bonds. The zero-order chi connectivity index (χ0) is 66.1. The van der Waals surface area contributed by atoms with Crippen molar-refractivity contribution < 1.29 is 42.9 Å². The first-order valence-corrected chi connectivity index (χ1v) is 36.6. The smallest absolute Gasteiger partial charge is 0.306 e. The molecule has 0 N–H and O–H groups in total. The molecule has 0 aromatic carbocycles. The zero-order valence-corrected chi connectivity index (χ0v) is 58.9. The molecule has 0 aliphatic rings. The van der Waals surface area contributed by atoms with Gasteiger partial charge in [0.05, 0.1) is 40.3 Å². The van der Waals surface area contributed by atoms with Gasteiger partial charge in [-0.1, -0.05) is 300 Å². The van der Waals surface area contributed by atoms with Crippen molar-refractivity contribution in [1.29, 1.82) is 0 Å². The van der Waals surface area contributed by atoms with Gasteiger partial charge in [0.1, 0.15) is 13.2 Å². The van der Waals surface area contributed by atoms with Crippen LogP contribution in [0.15, 0.2) is 158 Å². The first-order valence-electron chi connectivity index (χ1n) is 36.6. The van der Waals surface area contributed by atoms with Crippen LogP contribution in [0.2, 0.25) is 0 Å². The summed E-state index contributed by atoms with van der Waals surface area (Å²) in [7, 11) is 5.92. The van der Waals surface area contributed by atoms with Gasteiger partial charge in [0, 0.05) is 12.8 Å². The molecular formula is C82H135NO8. The van der Waals surface area contributed by atoms with Gasteiger partial charge in [0.25, 0.3) is 0 Å². The maximum Gasteiger partial charge on any atom is 0.306 e. The molecule has 0 aromatic heterocycles. The summed E-state index contributed by atoms with van der Waals surface area (Å²) in [6.45, 7) is 4.60. The van der Waals surface area contributed by atoms with Gasteiger partial charge in [-0.25, -0.2) is 0 Å². The van der Waals surface area contributed by atoms with E-state index < -0.39 is 24.3 Å². The summed E-state index contributed by atoms with van der Waals surface area (Å²) >= 11 is 0. The van der Waals surface area contributed by atoms with Crippen molar-refractivity contribution in [2.45, 2.75) is 296 Å². The fraction of sp³-hybridized carbons (Fsp3) is 0.646. The molecule has 0 aromatic rings. The van der Waals surface area contributed by atoms with Gasteiger partial charge in [-0.05, 0) is 128 Å². The van der Waals surface area contributed by atoms with E-state index in [0.717, 1.165) is 128 Å². The molecule has 0 heterocycles. The highest BCUT2D eigenvalue weighted by Gasteiger charge is 2.22. The Morgan fingerprint density at radius 2 is 0.626 bits per heavy atom. The molecule has 2 unspecified atom stereocenters. The second kappa shape index (κ2) is 70.8. The average Bonchev–Trinajstić information content (AvgIpc) is 3.46. The SMILES string of the molecule is CC/C=C\C/C=C\C/C=C\C/C=C\C/C=C\C/C=C\C/C=C\C/C=C\C/C=C\C/C=C\C/C=C\CCCCCCCC(=O)OC(COC(=O)CCCCCCCCCCCCCCCCC/C=C\C/C=C\CCCCCCC)COC(OCC[N+](C)(C)C)C(=O)[O-]. The molecule has 0 radical (unpaired) electrons. The van der Waals surface area contributed by atoms with E-state index in [-0.39, 0.29) is 38.6 Å². The van der Waals surface area contributed by atoms with E-state index in [1.807, 2.05) is 21.1 Å². The molecule has 0 rings (SSSR count). The first-order chi connectivity index (χ1) is 44.6. The number of hydrogen-bond donors (Lipinski definition) is 0. The number of nitrogens with zero attached hydrogens (tertiary/aromatic N) is 1. The van der Waals surface area contributed by atoms with Crippen LogP contribution in [0.5, 0.6) is 0 Å². The van der Waals surface area contributed by atoms with Gasteiger partial charge in [0.2, 0.25) is 0 Å². The molecule has 516 valence electrons. The van der Waals surface area contributed by atoms with Gasteiger partial charge in [-0.2, -0.15) is 0 Å². The van der Waals surface area contributed by atoms with Crippen LogP contribution in [-0.2, 0) is 33.3 Å². The number of carbonyl (C=O) groups excluding carboxylic acids is 3. The maximum atomic E-state index is 12.9. The largest absolute Gasteiger partial charge is 0.545 e. The van der Waals surface area contributed by atoms with E-state index in [2.05, 4.69) is 172 Å². The number of allylic oxidation sites excluding steroid dienone is 26. The molecule has 0 saturated heterocycles. The minimum absolute atomic E-state index is 0.136. The third kappa shape index (κ3) is 72.2. The second-order valence-corrected chi connectivity index (χ2v) is 25.1. The number of quaternary nitrogens is 1. The van der Waals surface area contributed by atoms with Gasteiger partial charge < -0.3 is 33.3 Å². The van der Waals surface area contributed by atoms with Crippen LogP contribution in [0, 0.1) is 0 Å². The number of esters is 2. The van der Waals surface area contributed by atoms with Crippen molar-refractivity contribution in [2.75, 3.05) is 47.5 Å². The summed E-state index contributed by atoms with van der Waals surface area (Å²) in [5.41, 5.74) is 0. The third-order valence-electron chi connectivity index (χ3n) is 15.3. The van der Waals surface area contributed by atoms with Crippen LogP contribution in [0.4, 0.5) is 0 Å². The third-order valence-corrected chi connectivity index (χ3v) is 15.3. The highest BCUT2D eigenvalue weighted by Crippen LogP contribution is 2.16. The van der Waals surface area contributed by atoms with Gasteiger partial charge in [0.15, 0.2) is 12.4 Å². The van der Waals surface area contributed by atoms with Crippen LogP contribution in [0.25, 0.3) is 0 Å². The van der Waals surface area contributed by atoms with E-state index in [1.165, 1.54) is 122 Å². The topological polar surface area (TPSA) is 111 Å². The average molecular weight is 1260 g/mol. The Labute approximate surface area is 559 Å². The van der Waals surface area contributed by atoms with E-state index in [9.17, 15) is 19.5 Å². The summed E-state index contributed by atoms with van der Waals surface area (Å²) in [5, 5.41) is 11.8. The zero-order valence-electron chi connectivity index (χ0n) is 58.9. The number of ether oxygens (including phenoxy) is 4. The number of carboxylic acids is 1. The standard InChI is InChI=1S/C82H135NO8/c1-6-8-10-12-14-16-18-20-22-24-26-28-30-32-34-35-36-37-38-39-40-41-42-43-44-45-47-49-51-53-55-57-59-61-63-65-67-69-71-73-80(85)91-78(77-90-82(81(86)87)88-75-74-83(3,4)5)76-89-79(84)72-70-68-66-64-62-60-58-56-54-52-50-48-46-33-31-29-27-25-23-21-19-17-15-13-11-9-7-2/h8,10,14,16,19-22,25-28,32,34,36-37,39-40,42-43,45,47,51,53,57,59,78,82H,6-7,9,11-13,15,17-18,23-24,29-31,33,35,38,41,44,46,48-50,52,54-56,58,60-77H2,1-5H3/b10-8-,16-14-,21-19-,22-20-,27-25-,28-26-,34-32-,37-36-,40-39-,43-42-,47-45-,53-51-,59-57-. The maximum absolute atomic E-state index is 12.9. The summed E-state index contributed by atoms with van der Waals surface area (Å²) in [5.74, 6) is -2.32. The van der Waals surface area contributed by atoms with E-state index in [0.29, 0.717) is 17.4 Å². The second-order valence-electron chi connectivity index (χ2n) is 25.1. The lowest BCUT2D eigenvalue weighted by atomic mass is 10.0. The Balaban J connectivity index is 4.20. The van der Waals surface area contributed by atoms with Crippen LogP contribution >= 0.6 is 0 Å². The number of aliphatic carboxylic acids is 1. The molecule has 91 heavy (non-hydrogen) atoms. The number of rotatable bonds is 66. The Bertz CT molecular complexity index is 2060. The molecule has 9 heteroatoms. The number of likely N-dealkylation sites (N-methyl/N-ethyl adjacent to an activating group) is 1. The molecule has 2 atom stereocenters. The first kappa shape index (κ1) is 85.9. The van der Waals surface area contributed by atoms with Gasteiger partial charge in [-0.3, -0.25) is 9.59 Å².